The lowest BCUT2D eigenvalue weighted by Gasteiger charge is -2.29. The summed E-state index contributed by atoms with van der Waals surface area (Å²) >= 11 is 0. The Kier molecular flexibility index (Phi) is 37.5. The van der Waals surface area contributed by atoms with E-state index >= 15 is 0 Å². The summed E-state index contributed by atoms with van der Waals surface area (Å²) in [5.74, 6) is -0.226. The van der Waals surface area contributed by atoms with Crippen molar-refractivity contribution < 1.29 is 32.9 Å². The summed E-state index contributed by atoms with van der Waals surface area (Å²) in [6.07, 6.45) is 49.8. The van der Waals surface area contributed by atoms with Crippen molar-refractivity contribution in [2.24, 2.45) is 0 Å². The van der Waals surface area contributed by atoms with E-state index in [1.54, 1.807) is 6.08 Å². The normalized spacial score (nSPS) is 14.9. The van der Waals surface area contributed by atoms with Gasteiger partial charge in [0.05, 0.1) is 39.9 Å². The number of phosphoric acid groups is 1. The second kappa shape index (κ2) is 38.7. The number of amides is 1. The molecule has 0 aliphatic carbocycles. The van der Waals surface area contributed by atoms with Crippen molar-refractivity contribution in [3.05, 3.63) is 60.8 Å². The summed E-state index contributed by atoms with van der Waals surface area (Å²) in [6.45, 7) is 4.56. The predicted molar refractivity (Wildman–Crippen MR) is 237 cm³/mol. The third-order valence-electron chi connectivity index (χ3n) is 9.71. The monoisotopic (exact) mass is 807 g/mol. The van der Waals surface area contributed by atoms with E-state index in [0.29, 0.717) is 17.4 Å². The molecule has 0 aromatic rings. The molecule has 326 valence electrons. The first kappa shape index (κ1) is 54.2. The van der Waals surface area contributed by atoms with Crippen LogP contribution in [0.1, 0.15) is 181 Å². The number of rotatable bonds is 40. The van der Waals surface area contributed by atoms with Gasteiger partial charge in [-0.3, -0.25) is 9.36 Å². The Morgan fingerprint density at radius 2 is 1.05 bits per heavy atom. The zero-order chi connectivity index (χ0) is 41.4. The Labute approximate surface area is 345 Å². The Hall–Kier alpha value is -1.80. The number of nitrogens with one attached hydrogen (secondary N) is 1. The van der Waals surface area contributed by atoms with Crippen LogP contribution >= 0.6 is 7.82 Å². The largest absolute Gasteiger partial charge is 0.756 e. The van der Waals surface area contributed by atoms with Gasteiger partial charge >= 0.3 is 0 Å². The van der Waals surface area contributed by atoms with E-state index in [9.17, 15) is 19.4 Å². The second-order valence-corrected chi connectivity index (χ2v) is 17.8. The van der Waals surface area contributed by atoms with E-state index < -0.39 is 26.6 Å². The van der Waals surface area contributed by atoms with Crippen LogP contribution in [-0.2, 0) is 18.4 Å². The first-order chi connectivity index (χ1) is 27.0. The molecule has 0 rings (SSSR count). The molecule has 0 spiro atoms. The summed E-state index contributed by atoms with van der Waals surface area (Å²) in [5.41, 5.74) is 0. The van der Waals surface area contributed by atoms with E-state index in [4.69, 9.17) is 9.05 Å². The fourth-order valence-corrected chi connectivity index (χ4v) is 6.78. The molecule has 0 heterocycles. The van der Waals surface area contributed by atoms with Crippen molar-refractivity contribution in [2.45, 2.75) is 193 Å². The highest BCUT2D eigenvalue weighted by atomic mass is 31.2. The fraction of sp³-hybridized carbons (Fsp3) is 0.766. The minimum atomic E-state index is -4.60. The number of aliphatic hydroxyl groups excluding tert-OH is 1. The standard InChI is InChI=1S/C47H87N2O6P/c1-6-8-10-12-14-16-18-20-22-23-24-25-27-28-30-32-34-36-38-40-46(50)45(44-55-56(52,53)54-43-42-49(3,4)5)48-47(51)41-39-37-35-33-31-29-26-21-19-17-15-13-11-9-7-2/h15,17,19,21,24-25,30,32,38,40,45-46,50H,6-14,16,18,20,22-23,26-29,31,33-37,39,41-44H2,1-5H3,(H-,48,51,52,53)/b17-15-,21-19-,25-24+,32-30+,40-38+. The Balaban J connectivity index is 4.53. The van der Waals surface area contributed by atoms with Gasteiger partial charge in [0.15, 0.2) is 0 Å². The Morgan fingerprint density at radius 3 is 1.59 bits per heavy atom. The number of phosphoric ester groups is 1. The van der Waals surface area contributed by atoms with Gasteiger partial charge in [-0.05, 0) is 70.6 Å². The third kappa shape index (κ3) is 40.4. The van der Waals surface area contributed by atoms with Crippen molar-refractivity contribution in [2.75, 3.05) is 40.9 Å². The minimum absolute atomic E-state index is 0.0137. The topological polar surface area (TPSA) is 108 Å². The quantitative estimate of drug-likeness (QED) is 0.0210. The van der Waals surface area contributed by atoms with Crippen LogP contribution in [0.2, 0.25) is 0 Å². The molecular formula is C47H87N2O6P. The van der Waals surface area contributed by atoms with Crippen molar-refractivity contribution in [3.63, 3.8) is 0 Å². The summed E-state index contributed by atoms with van der Waals surface area (Å²) in [6, 6.07) is -0.917. The molecule has 0 fully saturated rings. The molecule has 0 saturated carbocycles. The molecule has 0 aliphatic rings. The molecule has 0 bridgehead atoms. The highest BCUT2D eigenvalue weighted by Gasteiger charge is 2.23. The van der Waals surface area contributed by atoms with Crippen LogP contribution in [0.5, 0.6) is 0 Å². The summed E-state index contributed by atoms with van der Waals surface area (Å²) < 4.78 is 23.2. The number of hydrogen-bond acceptors (Lipinski definition) is 6. The van der Waals surface area contributed by atoms with Gasteiger partial charge in [0.1, 0.15) is 13.2 Å². The zero-order valence-electron chi connectivity index (χ0n) is 36.8. The van der Waals surface area contributed by atoms with Gasteiger partial charge in [-0.25, -0.2) is 0 Å². The fourth-order valence-electron chi connectivity index (χ4n) is 6.06. The van der Waals surface area contributed by atoms with Crippen LogP contribution in [0, 0.1) is 0 Å². The van der Waals surface area contributed by atoms with Crippen LogP contribution in [0.4, 0.5) is 0 Å². The third-order valence-corrected chi connectivity index (χ3v) is 10.7. The molecule has 2 N–H and O–H groups in total. The zero-order valence-corrected chi connectivity index (χ0v) is 37.7. The van der Waals surface area contributed by atoms with Crippen molar-refractivity contribution >= 4 is 13.7 Å². The van der Waals surface area contributed by atoms with Gasteiger partial charge in [-0.15, -0.1) is 0 Å². The SMILES string of the molecule is CCCCC/C=C\C=C/CCCCCCCCC(=O)NC(COP(=O)([O-])OCC[N+](C)(C)C)C(O)/C=C/CC/C=C/CC/C=C/CCCCCCCCCCC. The number of carbonyl (C=O) groups is 1. The van der Waals surface area contributed by atoms with Crippen molar-refractivity contribution in [1.82, 2.24) is 5.32 Å². The van der Waals surface area contributed by atoms with Gasteiger partial charge in [-0.1, -0.05) is 164 Å². The van der Waals surface area contributed by atoms with E-state index in [0.717, 1.165) is 64.2 Å². The van der Waals surface area contributed by atoms with Crippen LogP contribution in [0.15, 0.2) is 60.8 Å². The molecular weight excluding hydrogens is 719 g/mol. The molecule has 0 aliphatic heterocycles. The molecule has 0 saturated heterocycles. The smallest absolute Gasteiger partial charge is 0.268 e. The molecule has 56 heavy (non-hydrogen) atoms. The van der Waals surface area contributed by atoms with Gasteiger partial charge in [-0.2, -0.15) is 0 Å². The maximum atomic E-state index is 12.8. The minimum Gasteiger partial charge on any atom is -0.756 e. The predicted octanol–water partition coefficient (Wildman–Crippen LogP) is 12.0. The molecule has 9 heteroatoms. The first-order valence-corrected chi connectivity index (χ1v) is 24.1. The maximum absolute atomic E-state index is 12.8. The molecule has 0 radical (unpaired) electrons. The number of nitrogens with zero attached hydrogens (tertiary/aromatic N) is 1. The summed E-state index contributed by atoms with van der Waals surface area (Å²) in [7, 11) is 1.22. The van der Waals surface area contributed by atoms with Crippen LogP contribution in [-0.4, -0.2) is 68.5 Å². The van der Waals surface area contributed by atoms with E-state index in [2.05, 4.69) is 67.8 Å². The number of unbranched alkanes of at least 4 members (excludes halogenated alkanes) is 20. The molecule has 8 nitrogen and oxygen atoms in total. The Morgan fingerprint density at radius 1 is 0.625 bits per heavy atom. The molecule has 0 aromatic heterocycles. The summed E-state index contributed by atoms with van der Waals surface area (Å²) in [4.78, 5) is 25.3. The van der Waals surface area contributed by atoms with Crippen LogP contribution < -0.4 is 10.2 Å². The number of quaternary nitrogens is 1. The van der Waals surface area contributed by atoms with E-state index in [1.165, 1.54) is 96.3 Å². The highest BCUT2D eigenvalue weighted by Crippen LogP contribution is 2.38. The van der Waals surface area contributed by atoms with Crippen LogP contribution in [0.3, 0.4) is 0 Å². The van der Waals surface area contributed by atoms with Crippen molar-refractivity contribution in [1.29, 1.82) is 0 Å². The lowest BCUT2D eigenvalue weighted by atomic mass is 10.1. The van der Waals surface area contributed by atoms with Gasteiger partial charge in [0.2, 0.25) is 5.91 Å². The maximum Gasteiger partial charge on any atom is 0.268 e. The summed E-state index contributed by atoms with van der Waals surface area (Å²) in [5, 5.41) is 13.7. The first-order valence-electron chi connectivity index (χ1n) is 22.7. The van der Waals surface area contributed by atoms with Gasteiger partial charge < -0.3 is 28.8 Å². The molecule has 0 aromatic carbocycles. The number of aliphatic hydroxyl groups is 1. The molecule has 3 atom stereocenters. The van der Waals surface area contributed by atoms with E-state index in [1.807, 2.05) is 27.2 Å². The van der Waals surface area contributed by atoms with Gasteiger partial charge in [0, 0.05) is 6.42 Å². The average Bonchev–Trinajstić information content (AvgIpc) is 3.15. The van der Waals surface area contributed by atoms with Gasteiger partial charge in [0.25, 0.3) is 7.82 Å². The number of likely N-dealkylation sites (N-methyl/N-ethyl adjacent to an activating group) is 1. The number of hydrogen-bond donors (Lipinski definition) is 2. The number of allylic oxidation sites excluding steroid dienone is 9. The molecule has 3 unspecified atom stereocenters. The van der Waals surface area contributed by atoms with Crippen LogP contribution in [0.25, 0.3) is 0 Å². The Bertz CT molecular complexity index is 1100. The second-order valence-electron chi connectivity index (χ2n) is 16.4. The lowest BCUT2D eigenvalue weighted by Crippen LogP contribution is -2.45. The van der Waals surface area contributed by atoms with E-state index in [-0.39, 0.29) is 12.5 Å². The average molecular weight is 807 g/mol. The molecule has 1 amide bonds. The van der Waals surface area contributed by atoms with Crippen molar-refractivity contribution in [3.8, 4) is 0 Å². The highest BCUT2D eigenvalue weighted by molar-refractivity contribution is 7.45. The lowest BCUT2D eigenvalue weighted by molar-refractivity contribution is -0.870. The number of carbonyl (C=O) groups excluding carboxylic acids is 1.